The van der Waals surface area contributed by atoms with Gasteiger partial charge in [0.25, 0.3) is 5.69 Å². The summed E-state index contributed by atoms with van der Waals surface area (Å²) >= 11 is 5.96. The van der Waals surface area contributed by atoms with Gasteiger partial charge in [-0.05, 0) is 30.7 Å². The molecule has 0 saturated carbocycles. The van der Waals surface area contributed by atoms with Crippen LogP contribution in [0.5, 0.6) is 0 Å². The van der Waals surface area contributed by atoms with E-state index in [-0.39, 0.29) is 5.69 Å². The van der Waals surface area contributed by atoms with Crippen molar-refractivity contribution >= 4 is 23.5 Å². The molecule has 0 aliphatic rings. The minimum absolute atomic E-state index is 0.0168. The molecule has 0 N–H and O–H groups in total. The zero-order valence-electron chi connectivity index (χ0n) is 9.73. The van der Waals surface area contributed by atoms with Gasteiger partial charge in [-0.15, -0.1) is 0 Å². The molecule has 0 bridgehead atoms. The zero-order chi connectivity index (χ0) is 13.1. The van der Waals surface area contributed by atoms with E-state index in [4.69, 9.17) is 11.6 Å². The number of benzene rings is 2. The number of halogens is 2. The highest BCUT2D eigenvalue weighted by Crippen LogP contribution is 2.19. The van der Waals surface area contributed by atoms with Crippen LogP contribution in [0.2, 0.25) is 5.02 Å². The van der Waals surface area contributed by atoms with E-state index in [0.717, 1.165) is 5.56 Å². The van der Waals surface area contributed by atoms with Crippen molar-refractivity contribution in [2.45, 2.75) is 6.92 Å². The van der Waals surface area contributed by atoms with E-state index in [1.807, 2.05) is 6.92 Å². The van der Waals surface area contributed by atoms with E-state index in [1.165, 1.54) is 24.4 Å². The fourth-order valence-corrected chi connectivity index (χ4v) is 1.77. The molecule has 2 nitrogen and oxygen atoms in total. The summed E-state index contributed by atoms with van der Waals surface area (Å²) < 4.78 is 13.9. The van der Waals surface area contributed by atoms with Crippen molar-refractivity contribution in [3.05, 3.63) is 69.6 Å². The maximum absolute atomic E-state index is 13.4. The molecule has 0 spiro atoms. The monoisotopic (exact) mass is 263 g/mol. The van der Waals surface area contributed by atoms with Crippen LogP contribution in [0, 0.1) is 17.9 Å². The van der Waals surface area contributed by atoms with Gasteiger partial charge in [0, 0.05) is 16.7 Å². The number of para-hydroxylation sites is 1. The zero-order valence-corrected chi connectivity index (χ0v) is 10.5. The SMILES string of the molecule is Cc1c(Cl)cccc1C=[N+]([O-])c1ccccc1F. The van der Waals surface area contributed by atoms with Crippen molar-refractivity contribution in [2.24, 2.45) is 0 Å². The van der Waals surface area contributed by atoms with Gasteiger partial charge in [-0.2, -0.15) is 9.13 Å². The molecule has 0 aliphatic carbocycles. The first-order valence-corrected chi connectivity index (χ1v) is 5.78. The molecule has 2 aromatic rings. The molecular formula is C14H11ClFNO. The molecule has 2 rings (SSSR count). The van der Waals surface area contributed by atoms with Crippen molar-refractivity contribution in [1.82, 2.24) is 0 Å². The lowest BCUT2D eigenvalue weighted by Gasteiger charge is -2.05. The van der Waals surface area contributed by atoms with Gasteiger partial charge in [0.15, 0.2) is 12.0 Å². The van der Waals surface area contributed by atoms with E-state index in [1.54, 1.807) is 24.3 Å². The Morgan fingerprint density at radius 3 is 2.61 bits per heavy atom. The predicted octanol–water partition coefficient (Wildman–Crippen LogP) is 4.05. The number of hydrogen-bond donors (Lipinski definition) is 0. The van der Waals surface area contributed by atoms with Gasteiger partial charge in [-0.25, -0.2) is 0 Å². The molecule has 0 heterocycles. The van der Waals surface area contributed by atoms with Crippen LogP contribution < -0.4 is 0 Å². The second-order valence-electron chi connectivity index (χ2n) is 3.86. The topological polar surface area (TPSA) is 26.1 Å². The Kier molecular flexibility index (Phi) is 3.63. The van der Waals surface area contributed by atoms with E-state index in [9.17, 15) is 9.60 Å². The van der Waals surface area contributed by atoms with Gasteiger partial charge >= 0.3 is 0 Å². The van der Waals surface area contributed by atoms with Crippen LogP contribution in [0.1, 0.15) is 11.1 Å². The smallest absolute Gasteiger partial charge is 0.252 e. The van der Waals surface area contributed by atoms with Crippen LogP contribution in [0.4, 0.5) is 10.1 Å². The third-order valence-corrected chi connectivity index (χ3v) is 3.07. The van der Waals surface area contributed by atoms with Gasteiger partial charge in [0.2, 0.25) is 0 Å². The third kappa shape index (κ3) is 2.51. The summed E-state index contributed by atoms with van der Waals surface area (Å²) in [6.45, 7) is 1.81. The van der Waals surface area contributed by atoms with Crippen molar-refractivity contribution in [1.29, 1.82) is 0 Å². The van der Waals surface area contributed by atoms with Crippen LogP contribution >= 0.6 is 11.6 Å². The molecular weight excluding hydrogens is 253 g/mol. The van der Waals surface area contributed by atoms with Crippen molar-refractivity contribution in [2.75, 3.05) is 0 Å². The van der Waals surface area contributed by atoms with E-state index in [2.05, 4.69) is 0 Å². The van der Waals surface area contributed by atoms with Crippen LogP contribution in [0.3, 0.4) is 0 Å². The number of hydrogen-bond acceptors (Lipinski definition) is 1. The Bertz CT molecular complexity index is 610. The summed E-state index contributed by atoms with van der Waals surface area (Å²) in [7, 11) is 0. The molecule has 0 saturated heterocycles. The largest absolute Gasteiger partial charge is 0.618 e. The molecule has 0 radical (unpaired) electrons. The van der Waals surface area contributed by atoms with Crippen LogP contribution in [-0.4, -0.2) is 11.0 Å². The molecule has 0 aliphatic heterocycles. The summed E-state index contributed by atoms with van der Waals surface area (Å²) in [6.07, 6.45) is 1.32. The lowest BCUT2D eigenvalue weighted by Crippen LogP contribution is -2.02. The quantitative estimate of drug-likeness (QED) is 0.347. The third-order valence-electron chi connectivity index (χ3n) is 2.66. The van der Waals surface area contributed by atoms with Gasteiger partial charge in [-0.3, -0.25) is 0 Å². The Hall–Kier alpha value is -1.87. The number of nitrogens with zero attached hydrogens (tertiary/aromatic N) is 1. The first kappa shape index (κ1) is 12.6. The summed E-state index contributed by atoms with van der Waals surface area (Å²) in [5.41, 5.74) is 1.44. The highest BCUT2D eigenvalue weighted by molar-refractivity contribution is 6.31. The molecule has 0 amide bonds. The molecule has 0 fully saturated rings. The molecule has 2 aromatic carbocycles. The molecule has 0 unspecified atom stereocenters. The Morgan fingerprint density at radius 1 is 1.17 bits per heavy atom. The highest BCUT2D eigenvalue weighted by Gasteiger charge is 2.10. The molecule has 92 valence electrons. The Labute approximate surface area is 110 Å². The predicted molar refractivity (Wildman–Crippen MR) is 71.0 cm³/mol. The van der Waals surface area contributed by atoms with Crippen molar-refractivity contribution in [3.8, 4) is 0 Å². The van der Waals surface area contributed by atoms with Gasteiger partial charge in [0.1, 0.15) is 0 Å². The van der Waals surface area contributed by atoms with Gasteiger partial charge in [0.05, 0.1) is 0 Å². The summed E-state index contributed by atoms with van der Waals surface area (Å²) in [5.74, 6) is -0.552. The van der Waals surface area contributed by atoms with Crippen LogP contribution in [-0.2, 0) is 0 Å². The van der Waals surface area contributed by atoms with Crippen molar-refractivity contribution in [3.63, 3.8) is 0 Å². The van der Waals surface area contributed by atoms with Crippen molar-refractivity contribution < 1.29 is 9.13 Å². The lowest BCUT2D eigenvalue weighted by molar-refractivity contribution is -0.357. The summed E-state index contributed by atoms with van der Waals surface area (Å²) in [4.78, 5) is 0. The fraction of sp³-hybridized carbons (Fsp3) is 0.0714. The first-order chi connectivity index (χ1) is 8.59. The van der Waals surface area contributed by atoms with Gasteiger partial charge < -0.3 is 5.21 Å². The molecule has 4 heteroatoms. The standard InChI is InChI=1S/C14H11ClFNO/c1-10-11(5-4-6-12(10)15)9-17(18)14-8-3-2-7-13(14)16/h2-9H,1H3. The van der Waals surface area contributed by atoms with Crippen LogP contribution in [0.15, 0.2) is 42.5 Å². The maximum Gasteiger partial charge on any atom is 0.252 e. The number of rotatable bonds is 2. The highest BCUT2D eigenvalue weighted by atomic mass is 35.5. The van der Waals surface area contributed by atoms with E-state index >= 15 is 0 Å². The average Bonchev–Trinajstić information content (AvgIpc) is 2.35. The first-order valence-electron chi connectivity index (χ1n) is 5.40. The minimum atomic E-state index is -0.552. The van der Waals surface area contributed by atoms with E-state index in [0.29, 0.717) is 15.3 Å². The average molecular weight is 264 g/mol. The summed E-state index contributed by atoms with van der Waals surface area (Å²) in [6, 6.07) is 11.1. The second kappa shape index (κ2) is 5.19. The van der Waals surface area contributed by atoms with E-state index < -0.39 is 5.82 Å². The second-order valence-corrected chi connectivity index (χ2v) is 4.27. The minimum Gasteiger partial charge on any atom is -0.618 e. The summed E-state index contributed by atoms with van der Waals surface area (Å²) in [5, 5.41) is 12.5. The Balaban J connectivity index is 2.45. The van der Waals surface area contributed by atoms with Crippen LogP contribution in [0.25, 0.3) is 0 Å². The molecule has 0 atom stereocenters. The maximum atomic E-state index is 13.4. The van der Waals surface area contributed by atoms with Gasteiger partial charge in [-0.1, -0.05) is 29.8 Å². The molecule has 0 aromatic heterocycles. The normalized spacial score (nSPS) is 11.6. The Morgan fingerprint density at radius 2 is 1.89 bits per heavy atom. The fourth-order valence-electron chi connectivity index (χ4n) is 1.59. The lowest BCUT2D eigenvalue weighted by atomic mass is 10.1. The molecule has 18 heavy (non-hydrogen) atoms.